The summed E-state index contributed by atoms with van der Waals surface area (Å²) < 4.78 is 5.52. The molecule has 1 rings (SSSR count). The summed E-state index contributed by atoms with van der Waals surface area (Å²) in [5.41, 5.74) is 5.51. The maximum Gasteiger partial charge on any atom is 0.271 e. The molecule has 0 aliphatic rings. The van der Waals surface area contributed by atoms with Gasteiger partial charge in [0.05, 0.1) is 10.6 Å². The topological polar surface area (TPSA) is 78.4 Å². The van der Waals surface area contributed by atoms with Gasteiger partial charge in [-0.2, -0.15) is 0 Å². The van der Waals surface area contributed by atoms with E-state index >= 15 is 0 Å². The van der Waals surface area contributed by atoms with E-state index in [2.05, 4.69) is 0 Å². The molecule has 0 aliphatic carbocycles. The largest absolute Gasteiger partial charge is 0.486 e. The Balaban J connectivity index is 2.99. The summed E-state index contributed by atoms with van der Waals surface area (Å²) in [7, 11) is 0. The summed E-state index contributed by atoms with van der Waals surface area (Å²) in [6.07, 6.45) is 0. The molecule has 0 radical (unpaired) electrons. The first kappa shape index (κ1) is 11.3. The zero-order valence-electron chi connectivity index (χ0n) is 8.98. The van der Waals surface area contributed by atoms with E-state index in [1.807, 2.05) is 20.8 Å². The van der Waals surface area contributed by atoms with E-state index in [1.54, 1.807) is 0 Å². The molecule has 2 N–H and O–H groups in total. The van der Waals surface area contributed by atoms with Crippen LogP contribution in [0.2, 0.25) is 0 Å². The molecule has 5 nitrogen and oxygen atoms in total. The first-order valence-electron chi connectivity index (χ1n) is 4.52. The first-order valence-corrected chi connectivity index (χ1v) is 4.52. The molecule has 82 valence electrons. The molecule has 0 aromatic heterocycles. The average molecular weight is 210 g/mol. The van der Waals surface area contributed by atoms with Crippen molar-refractivity contribution in [3.63, 3.8) is 0 Å². The zero-order valence-corrected chi connectivity index (χ0v) is 8.98. The number of nitro groups is 1. The van der Waals surface area contributed by atoms with Crippen molar-refractivity contribution >= 4 is 11.4 Å². The highest BCUT2D eigenvalue weighted by Crippen LogP contribution is 2.28. The van der Waals surface area contributed by atoms with E-state index in [0.29, 0.717) is 5.75 Å². The number of nitro benzene ring substituents is 1. The van der Waals surface area contributed by atoms with Crippen LogP contribution in [-0.2, 0) is 0 Å². The van der Waals surface area contributed by atoms with E-state index < -0.39 is 4.92 Å². The summed E-state index contributed by atoms with van der Waals surface area (Å²) in [5, 5.41) is 10.5. The van der Waals surface area contributed by atoms with E-state index in [9.17, 15) is 10.1 Å². The van der Waals surface area contributed by atoms with Gasteiger partial charge < -0.3 is 10.5 Å². The monoisotopic (exact) mass is 210 g/mol. The van der Waals surface area contributed by atoms with Gasteiger partial charge in [-0.15, -0.1) is 0 Å². The summed E-state index contributed by atoms with van der Waals surface area (Å²) in [4.78, 5) is 9.97. The normalized spacial score (nSPS) is 11.1. The minimum absolute atomic E-state index is 0.0336. The number of nitrogens with two attached hydrogens (primary N) is 1. The molecule has 0 fully saturated rings. The molecule has 15 heavy (non-hydrogen) atoms. The first-order chi connectivity index (χ1) is 6.79. The second-order valence-corrected chi connectivity index (χ2v) is 4.19. The van der Waals surface area contributed by atoms with Crippen LogP contribution in [0.3, 0.4) is 0 Å². The minimum atomic E-state index is -0.489. The fourth-order valence-electron chi connectivity index (χ4n) is 1.07. The molecule has 0 amide bonds. The second-order valence-electron chi connectivity index (χ2n) is 4.19. The molecule has 0 saturated carbocycles. The lowest BCUT2D eigenvalue weighted by Gasteiger charge is -2.22. The molecule has 0 saturated heterocycles. The average Bonchev–Trinajstić information content (AvgIpc) is 2.05. The molecule has 0 spiro atoms. The van der Waals surface area contributed by atoms with Gasteiger partial charge in [-0.05, 0) is 26.8 Å². The highest BCUT2D eigenvalue weighted by molar-refractivity contribution is 5.58. The second kappa shape index (κ2) is 3.76. The zero-order chi connectivity index (χ0) is 11.6. The Morgan fingerprint density at radius 3 is 2.40 bits per heavy atom. The summed E-state index contributed by atoms with van der Waals surface area (Å²) >= 11 is 0. The van der Waals surface area contributed by atoms with E-state index in [-0.39, 0.29) is 17.0 Å². The molecule has 1 aromatic carbocycles. The van der Waals surface area contributed by atoms with Gasteiger partial charge in [0.2, 0.25) is 0 Å². The number of non-ortho nitro benzene ring substituents is 1. The van der Waals surface area contributed by atoms with Gasteiger partial charge in [0, 0.05) is 12.1 Å². The molecule has 5 heteroatoms. The molecule has 0 aliphatic heterocycles. The van der Waals surface area contributed by atoms with Crippen LogP contribution in [0.4, 0.5) is 11.4 Å². The van der Waals surface area contributed by atoms with Crippen molar-refractivity contribution in [3.05, 3.63) is 28.3 Å². The van der Waals surface area contributed by atoms with Crippen molar-refractivity contribution in [2.24, 2.45) is 0 Å². The van der Waals surface area contributed by atoms with E-state index in [1.165, 1.54) is 18.2 Å². The number of benzene rings is 1. The lowest BCUT2D eigenvalue weighted by atomic mass is 10.2. The summed E-state index contributed by atoms with van der Waals surface area (Å²) in [6, 6.07) is 4.18. The van der Waals surface area contributed by atoms with Crippen LogP contribution >= 0.6 is 0 Å². The van der Waals surface area contributed by atoms with Gasteiger partial charge in [-0.25, -0.2) is 0 Å². The van der Waals surface area contributed by atoms with Gasteiger partial charge in [0.15, 0.2) is 0 Å². The molecule has 1 aromatic rings. The summed E-state index contributed by atoms with van der Waals surface area (Å²) in [5.74, 6) is 0.466. The Morgan fingerprint density at radius 1 is 1.40 bits per heavy atom. The van der Waals surface area contributed by atoms with Crippen LogP contribution in [0, 0.1) is 10.1 Å². The molecular formula is C10H14N2O3. The minimum Gasteiger partial charge on any atom is -0.486 e. The number of hydrogen-bond acceptors (Lipinski definition) is 4. The third-order valence-corrected chi connectivity index (χ3v) is 1.62. The lowest BCUT2D eigenvalue weighted by molar-refractivity contribution is -0.384. The number of anilines is 1. The van der Waals surface area contributed by atoms with Crippen molar-refractivity contribution in [3.8, 4) is 5.75 Å². The maximum absolute atomic E-state index is 10.5. The Kier molecular flexibility index (Phi) is 2.83. The van der Waals surface area contributed by atoms with Crippen molar-refractivity contribution in [1.29, 1.82) is 0 Å². The van der Waals surface area contributed by atoms with Gasteiger partial charge >= 0.3 is 0 Å². The fourth-order valence-corrected chi connectivity index (χ4v) is 1.07. The van der Waals surface area contributed by atoms with Crippen LogP contribution in [0.15, 0.2) is 18.2 Å². The number of nitrogen functional groups attached to an aromatic ring is 1. The van der Waals surface area contributed by atoms with Crippen LogP contribution in [-0.4, -0.2) is 10.5 Å². The third-order valence-electron chi connectivity index (χ3n) is 1.62. The number of nitrogens with zero attached hydrogens (tertiary/aromatic N) is 1. The van der Waals surface area contributed by atoms with E-state index in [4.69, 9.17) is 10.5 Å². The SMILES string of the molecule is CC(C)(C)Oc1ccc([N+](=O)[O-])cc1N. The smallest absolute Gasteiger partial charge is 0.271 e. The predicted molar refractivity (Wildman–Crippen MR) is 57.9 cm³/mol. The highest BCUT2D eigenvalue weighted by atomic mass is 16.6. The Hall–Kier alpha value is -1.78. The number of hydrogen-bond donors (Lipinski definition) is 1. The molecular weight excluding hydrogens is 196 g/mol. The standard InChI is InChI=1S/C10H14N2O3/c1-10(2,3)15-9-5-4-7(12(13)14)6-8(9)11/h4-6H,11H2,1-3H3. The van der Waals surface area contributed by atoms with Crippen molar-refractivity contribution in [2.45, 2.75) is 26.4 Å². The van der Waals surface area contributed by atoms with Gasteiger partial charge in [0.25, 0.3) is 5.69 Å². The Bertz CT molecular complexity index is 383. The predicted octanol–water partition coefficient (Wildman–Crippen LogP) is 2.35. The van der Waals surface area contributed by atoms with E-state index in [0.717, 1.165) is 0 Å². The van der Waals surface area contributed by atoms with Crippen LogP contribution in [0.1, 0.15) is 20.8 Å². The quantitative estimate of drug-likeness (QED) is 0.461. The van der Waals surface area contributed by atoms with Gasteiger partial charge in [-0.3, -0.25) is 10.1 Å². The summed E-state index contributed by atoms with van der Waals surface area (Å²) in [6.45, 7) is 5.65. The number of ether oxygens (including phenoxy) is 1. The Labute approximate surface area is 88.0 Å². The van der Waals surface area contributed by atoms with Crippen molar-refractivity contribution in [2.75, 3.05) is 5.73 Å². The lowest BCUT2D eigenvalue weighted by Crippen LogP contribution is -2.23. The Morgan fingerprint density at radius 2 is 2.00 bits per heavy atom. The van der Waals surface area contributed by atoms with Crippen LogP contribution in [0.5, 0.6) is 5.75 Å². The molecule has 0 heterocycles. The molecule has 0 bridgehead atoms. The van der Waals surface area contributed by atoms with Gasteiger partial charge in [0.1, 0.15) is 11.4 Å². The van der Waals surface area contributed by atoms with Gasteiger partial charge in [-0.1, -0.05) is 0 Å². The van der Waals surface area contributed by atoms with Crippen molar-refractivity contribution < 1.29 is 9.66 Å². The highest BCUT2D eigenvalue weighted by Gasteiger charge is 2.15. The fraction of sp³-hybridized carbons (Fsp3) is 0.400. The third kappa shape index (κ3) is 3.12. The maximum atomic E-state index is 10.5. The number of rotatable bonds is 2. The van der Waals surface area contributed by atoms with Crippen molar-refractivity contribution in [1.82, 2.24) is 0 Å². The van der Waals surface area contributed by atoms with Crippen LogP contribution < -0.4 is 10.5 Å². The molecule has 0 unspecified atom stereocenters. The van der Waals surface area contributed by atoms with Crippen LogP contribution in [0.25, 0.3) is 0 Å². The molecule has 0 atom stereocenters.